The number of thiophene rings is 1. The van der Waals surface area contributed by atoms with Crippen LogP contribution in [0.1, 0.15) is 11.1 Å². The van der Waals surface area contributed by atoms with Crippen LogP contribution in [0, 0.1) is 13.8 Å². The van der Waals surface area contributed by atoms with Gasteiger partial charge < -0.3 is 14.2 Å². The highest BCUT2D eigenvalue weighted by Crippen LogP contribution is 2.46. The number of aryl methyl sites for hydroxylation is 2. The molecule has 0 fully saturated rings. The van der Waals surface area contributed by atoms with Gasteiger partial charge >= 0.3 is 0 Å². The van der Waals surface area contributed by atoms with Crippen LogP contribution in [-0.4, -0.2) is 0 Å². The second-order valence-corrected chi connectivity index (χ2v) is 15.0. The van der Waals surface area contributed by atoms with E-state index in [0.717, 1.165) is 61.6 Å². The number of furan rings is 1. The first-order valence-electron chi connectivity index (χ1n) is 18.3. The number of rotatable bonds is 7. The second kappa shape index (κ2) is 13.1. The Morgan fingerprint density at radius 1 is 0.407 bits per heavy atom. The lowest BCUT2D eigenvalue weighted by Gasteiger charge is -2.26. The van der Waals surface area contributed by atoms with E-state index in [1.165, 1.54) is 36.9 Å². The van der Waals surface area contributed by atoms with Crippen molar-refractivity contribution in [3.8, 4) is 11.1 Å². The number of para-hydroxylation sites is 2. The molecule has 0 amide bonds. The van der Waals surface area contributed by atoms with Gasteiger partial charge in [0.05, 0.1) is 5.69 Å². The lowest BCUT2D eigenvalue weighted by Crippen LogP contribution is -2.10. The highest BCUT2D eigenvalue weighted by molar-refractivity contribution is 7.26. The van der Waals surface area contributed by atoms with Crippen LogP contribution in [0.25, 0.3) is 53.2 Å². The molecule has 0 spiro atoms. The molecule has 0 radical (unpaired) electrons. The highest BCUT2D eigenvalue weighted by Gasteiger charge is 2.21. The summed E-state index contributed by atoms with van der Waals surface area (Å²) in [5.74, 6) is 0. The first-order valence-corrected chi connectivity index (χ1v) is 19.2. The molecule has 0 saturated heterocycles. The summed E-state index contributed by atoms with van der Waals surface area (Å²) < 4.78 is 9.27. The molecule has 0 unspecified atom stereocenters. The van der Waals surface area contributed by atoms with Gasteiger partial charge in [-0.3, -0.25) is 0 Å². The highest BCUT2D eigenvalue weighted by atomic mass is 32.1. The summed E-state index contributed by atoms with van der Waals surface area (Å²) in [6.45, 7) is 4.34. The Morgan fingerprint density at radius 3 is 1.74 bits per heavy atom. The van der Waals surface area contributed by atoms with Crippen molar-refractivity contribution >= 4 is 87.6 Å². The molecule has 0 aliphatic heterocycles. The summed E-state index contributed by atoms with van der Waals surface area (Å²) in [6.07, 6.45) is 0. The predicted octanol–water partition coefficient (Wildman–Crippen LogP) is 15.2. The smallest absolute Gasteiger partial charge is 0.137 e. The third-order valence-electron chi connectivity index (χ3n) is 10.4. The number of nitrogens with zero attached hydrogens (tertiary/aromatic N) is 2. The first kappa shape index (κ1) is 32.1. The van der Waals surface area contributed by atoms with Gasteiger partial charge in [0, 0.05) is 65.4 Å². The van der Waals surface area contributed by atoms with Crippen molar-refractivity contribution in [1.82, 2.24) is 0 Å². The van der Waals surface area contributed by atoms with Gasteiger partial charge in [0.2, 0.25) is 0 Å². The van der Waals surface area contributed by atoms with E-state index in [1.807, 2.05) is 11.3 Å². The summed E-state index contributed by atoms with van der Waals surface area (Å²) in [5.41, 5.74) is 13.2. The summed E-state index contributed by atoms with van der Waals surface area (Å²) >= 11 is 1.85. The van der Waals surface area contributed by atoms with Gasteiger partial charge in [0.1, 0.15) is 11.2 Å². The standard InChI is InChI=1S/C50H36N2OS/c1-33-14-12-21-38(28-33)51(36-17-8-4-9-18-36)39-24-26-45-43(30-39)49-34(2)29-41(32-46(49)53-45)52(37-19-10-5-11-20-37)40-25-27-47-44(31-40)50-42(22-13-23-48(50)54-47)35-15-6-3-7-16-35/h3-32H,1-2H3. The predicted molar refractivity (Wildman–Crippen MR) is 231 cm³/mol. The van der Waals surface area contributed by atoms with Crippen molar-refractivity contribution in [1.29, 1.82) is 0 Å². The molecule has 54 heavy (non-hydrogen) atoms. The van der Waals surface area contributed by atoms with E-state index in [-0.39, 0.29) is 0 Å². The summed E-state index contributed by atoms with van der Waals surface area (Å²) in [4.78, 5) is 4.67. The van der Waals surface area contributed by atoms with Gasteiger partial charge in [0.15, 0.2) is 0 Å². The maximum atomic E-state index is 6.70. The lowest BCUT2D eigenvalue weighted by atomic mass is 9.99. The van der Waals surface area contributed by atoms with E-state index in [1.54, 1.807) is 0 Å². The topological polar surface area (TPSA) is 19.6 Å². The second-order valence-electron chi connectivity index (χ2n) is 13.9. The summed E-state index contributed by atoms with van der Waals surface area (Å²) in [6, 6.07) is 65.2. The molecule has 10 rings (SSSR count). The Hall–Kier alpha value is -6.62. The number of anilines is 6. The molecule has 2 heterocycles. The van der Waals surface area contributed by atoms with Crippen LogP contribution in [0.15, 0.2) is 186 Å². The van der Waals surface area contributed by atoms with E-state index in [4.69, 9.17) is 4.42 Å². The van der Waals surface area contributed by atoms with Crippen LogP contribution < -0.4 is 9.80 Å². The fourth-order valence-corrected chi connectivity index (χ4v) is 9.09. The van der Waals surface area contributed by atoms with Crippen LogP contribution in [0.4, 0.5) is 34.1 Å². The zero-order valence-corrected chi connectivity index (χ0v) is 30.8. The third kappa shape index (κ3) is 5.51. The van der Waals surface area contributed by atoms with Crippen molar-refractivity contribution in [2.45, 2.75) is 13.8 Å². The molecule has 3 nitrogen and oxygen atoms in total. The van der Waals surface area contributed by atoms with Crippen molar-refractivity contribution in [3.63, 3.8) is 0 Å². The molecule has 0 aliphatic carbocycles. The summed E-state index contributed by atoms with van der Waals surface area (Å²) in [7, 11) is 0. The molecule has 10 aromatic rings. The molecule has 0 atom stereocenters. The van der Waals surface area contributed by atoms with Gasteiger partial charge in [-0.15, -0.1) is 11.3 Å². The van der Waals surface area contributed by atoms with Gasteiger partial charge in [-0.2, -0.15) is 0 Å². The van der Waals surface area contributed by atoms with E-state index < -0.39 is 0 Å². The first-order chi connectivity index (χ1) is 26.6. The Bertz CT molecular complexity index is 2970. The Labute approximate surface area is 318 Å². The normalized spacial score (nSPS) is 11.5. The van der Waals surface area contributed by atoms with Crippen molar-refractivity contribution < 1.29 is 4.42 Å². The molecular weight excluding hydrogens is 677 g/mol. The van der Waals surface area contributed by atoms with Gasteiger partial charge in [0.25, 0.3) is 0 Å². The molecule has 2 aromatic heterocycles. The van der Waals surface area contributed by atoms with Crippen molar-refractivity contribution in [3.05, 3.63) is 193 Å². The molecule has 0 saturated carbocycles. The van der Waals surface area contributed by atoms with Crippen molar-refractivity contribution in [2.75, 3.05) is 9.80 Å². The van der Waals surface area contributed by atoms with E-state index in [9.17, 15) is 0 Å². The van der Waals surface area contributed by atoms with Crippen LogP contribution in [0.3, 0.4) is 0 Å². The van der Waals surface area contributed by atoms with Crippen LogP contribution in [-0.2, 0) is 0 Å². The van der Waals surface area contributed by atoms with Gasteiger partial charge in [-0.25, -0.2) is 0 Å². The Balaban J connectivity index is 1.13. The van der Waals surface area contributed by atoms with Gasteiger partial charge in [-0.1, -0.05) is 91.0 Å². The molecule has 0 aliphatic rings. The minimum atomic E-state index is 0.869. The molecule has 4 heteroatoms. The number of fused-ring (bicyclic) bond motifs is 6. The fraction of sp³-hybridized carbons (Fsp3) is 0.0400. The number of benzene rings is 8. The van der Waals surface area contributed by atoms with Gasteiger partial charge in [-0.05, 0) is 121 Å². The maximum Gasteiger partial charge on any atom is 0.137 e. The third-order valence-corrected chi connectivity index (χ3v) is 11.5. The average molecular weight is 713 g/mol. The maximum absolute atomic E-state index is 6.70. The lowest BCUT2D eigenvalue weighted by molar-refractivity contribution is 0.669. The van der Waals surface area contributed by atoms with E-state index in [0.29, 0.717) is 0 Å². The number of hydrogen-bond acceptors (Lipinski definition) is 4. The average Bonchev–Trinajstić information content (AvgIpc) is 3.77. The molecular formula is C50H36N2OS. The Morgan fingerprint density at radius 2 is 1.02 bits per heavy atom. The zero-order valence-electron chi connectivity index (χ0n) is 30.0. The van der Waals surface area contributed by atoms with Crippen LogP contribution >= 0.6 is 11.3 Å². The molecule has 258 valence electrons. The van der Waals surface area contributed by atoms with E-state index in [2.05, 4.69) is 206 Å². The van der Waals surface area contributed by atoms with Crippen LogP contribution in [0.2, 0.25) is 0 Å². The molecule has 0 N–H and O–H groups in total. The van der Waals surface area contributed by atoms with E-state index >= 15 is 0 Å². The molecule has 8 aromatic carbocycles. The zero-order chi connectivity index (χ0) is 36.2. The minimum Gasteiger partial charge on any atom is -0.456 e. The quantitative estimate of drug-likeness (QED) is 0.164. The van der Waals surface area contributed by atoms with Crippen LogP contribution in [0.5, 0.6) is 0 Å². The number of hydrogen-bond donors (Lipinski definition) is 0. The fourth-order valence-electron chi connectivity index (χ4n) is 7.98. The SMILES string of the molecule is Cc1cccc(N(c2ccccc2)c2ccc3oc4cc(N(c5ccccc5)c5ccc6sc7cccc(-c8ccccc8)c7c6c5)cc(C)c4c3c2)c1. The summed E-state index contributed by atoms with van der Waals surface area (Å²) in [5, 5.41) is 4.80. The monoisotopic (exact) mass is 712 g/mol. The Kier molecular flexibility index (Phi) is 7.78. The largest absolute Gasteiger partial charge is 0.456 e. The minimum absolute atomic E-state index is 0.869. The van der Waals surface area contributed by atoms with Crippen molar-refractivity contribution in [2.24, 2.45) is 0 Å². The molecule has 0 bridgehead atoms.